The molecule has 0 radical (unpaired) electrons. The van der Waals surface area contributed by atoms with E-state index in [9.17, 15) is 9.59 Å². The van der Waals surface area contributed by atoms with Gasteiger partial charge in [0.05, 0.1) is 13.5 Å². The zero-order chi connectivity index (χ0) is 12.8. The fraction of sp³-hybridized carbons (Fsp3) is 0.833. The molecule has 0 N–H and O–H groups in total. The van der Waals surface area contributed by atoms with Crippen LogP contribution in [0.2, 0.25) is 0 Å². The first-order valence-electron chi connectivity index (χ1n) is 6.05. The van der Waals surface area contributed by atoms with Crippen LogP contribution in [0.5, 0.6) is 0 Å². The van der Waals surface area contributed by atoms with Crippen molar-refractivity contribution in [1.82, 2.24) is 9.80 Å². The molecule has 5 heteroatoms. The summed E-state index contributed by atoms with van der Waals surface area (Å²) < 4.78 is 4.59. The van der Waals surface area contributed by atoms with E-state index in [2.05, 4.69) is 4.74 Å². The summed E-state index contributed by atoms with van der Waals surface area (Å²) >= 11 is 0. The molecule has 1 saturated carbocycles. The number of hydrogen-bond donors (Lipinski definition) is 0. The van der Waals surface area contributed by atoms with Crippen LogP contribution in [-0.2, 0) is 14.3 Å². The Labute approximate surface area is 103 Å². The second-order valence-corrected chi connectivity index (χ2v) is 4.73. The van der Waals surface area contributed by atoms with Crippen molar-refractivity contribution < 1.29 is 14.3 Å². The van der Waals surface area contributed by atoms with Gasteiger partial charge in [-0.2, -0.15) is 0 Å². The van der Waals surface area contributed by atoms with Gasteiger partial charge in [-0.15, -0.1) is 0 Å². The molecular weight excluding hydrogens is 220 g/mol. The second-order valence-electron chi connectivity index (χ2n) is 4.73. The van der Waals surface area contributed by atoms with E-state index < -0.39 is 0 Å². The lowest BCUT2D eigenvalue weighted by Crippen LogP contribution is -2.39. The molecule has 0 bridgehead atoms. The number of amides is 1. The summed E-state index contributed by atoms with van der Waals surface area (Å²) in [6.45, 7) is 1.97. The SMILES string of the molecule is COC(=O)CCN(CCN(C)C)C(=O)C1CC1. The third-order valence-corrected chi connectivity index (χ3v) is 2.87. The van der Waals surface area contributed by atoms with Gasteiger partial charge in [-0.3, -0.25) is 9.59 Å². The molecule has 17 heavy (non-hydrogen) atoms. The summed E-state index contributed by atoms with van der Waals surface area (Å²) in [6, 6.07) is 0. The number of rotatable bonds is 7. The number of hydrogen-bond acceptors (Lipinski definition) is 4. The lowest BCUT2D eigenvalue weighted by Gasteiger charge is -2.24. The number of carbonyl (C=O) groups excluding carboxylic acids is 2. The highest BCUT2D eigenvalue weighted by Crippen LogP contribution is 2.30. The molecular formula is C12H22N2O3. The number of esters is 1. The number of nitrogens with zero attached hydrogens (tertiary/aromatic N) is 2. The van der Waals surface area contributed by atoms with Gasteiger partial charge in [-0.25, -0.2) is 0 Å². The quantitative estimate of drug-likeness (QED) is 0.604. The maximum absolute atomic E-state index is 12.0. The minimum atomic E-state index is -0.261. The van der Waals surface area contributed by atoms with Crippen LogP contribution in [0.4, 0.5) is 0 Å². The first-order valence-corrected chi connectivity index (χ1v) is 6.05. The van der Waals surface area contributed by atoms with E-state index in [1.54, 1.807) is 4.90 Å². The third-order valence-electron chi connectivity index (χ3n) is 2.87. The van der Waals surface area contributed by atoms with Crippen LogP contribution in [0.15, 0.2) is 0 Å². The Morgan fingerprint density at radius 3 is 2.29 bits per heavy atom. The molecule has 0 spiro atoms. The predicted octanol–water partition coefficient (Wildman–Crippen LogP) is 0.350. The first-order chi connectivity index (χ1) is 8.04. The Kier molecular flexibility index (Phi) is 5.41. The van der Waals surface area contributed by atoms with Gasteiger partial charge in [0.15, 0.2) is 0 Å². The van der Waals surface area contributed by atoms with Crippen molar-refractivity contribution in [2.24, 2.45) is 5.92 Å². The van der Waals surface area contributed by atoms with Crippen LogP contribution in [0.25, 0.3) is 0 Å². The van der Waals surface area contributed by atoms with Crippen molar-refractivity contribution in [3.8, 4) is 0 Å². The summed E-state index contributed by atoms with van der Waals surface area (Å²) in [4.78, 5) is 26.9. The van der Waals surface area contributed by atoms with E-state index in [4.69, 9.17) is 0 Å². The molecule has 0 atom stereocenters. The number of ether oxygens (including phenoxy) is 1. The molecule has 0 aliphatic heterocycles. The van der Waals surface area contributed by atoms with E-state index in [0.717, 1.165) is 19.4 Å². The monoisotopic (exact) mass is 242 g/mol. The molecule has 0 aromatic carbocycles. The van der Waals surface area contributed by atoms with Crippen molar-refractivity contribution in [1.29, 1.82) is 0 Å². The normalized spacial score (nSPS) is 14.8. The minimum absolute atomic E-state index is 0.191. The second kappa shape index (κ2) is 6.59. The Bertz CT molecular complexity index is 275. The summed E-state index contributed by atoms with van der Waals surface area (Å²) in [5.41, 5.74) is 0. The largest absolute Gasteiger partial charge is 0.469 e. The highest BCUT2D eigenvalue weighted by atomic mass is 16.5. The number of likely N-dealkylation sites (N-methyl/N-ethyl adjacent to an activating group) is 1. The van der Waals surface area contributed by atoms with Crippen molar-refractivity contribution in [3.05, 3.63) is 0 Å². The number of carbonyl (C=O) groups is 2. The fourth-order valence-electron chi connectivity index (χ4n) is 1.57. The van der Waals surface area contributed by atoms with Crippen molar-refractivity contribution in [2.45, 2.75) is 19.3 Å². The van der Waals surface area contributed by atoms with E-state index >= 15 is 0 Å². The molecule has 1 aliphatic rings. The molecule has 98 valence electrons. The van der Waals surface area contributed by atoms with Gasteiger partial charge in [0.25, 0.3) is 0 Å². The van der Waals surface area contributed by atoms with Crippen LogP contribution >= 0.6 is 0 Å². The van der Waals surface area contributed by atoms with Crippen LogP contribution in [0.1, 0.15) is 19.3 Å². The Balaban J connectivity index is 2.40. The van der Waals surface area contributed by atoms with Crippen LogP contribution in [-0.4, -0.2) is 62.5 Å². The molecule has 0 aromatic rings. The molecule has 0 heterocycles. The maximum Gasteiger partial charge on any atom is 0.307 e. The van der Waals surface area contributed by atoms with Gasteiger partial charge in [-0.1, -0.05) is 0 Å². The zero-order valence-corrected chi connectivity index (χ0v) is 10.9. The summed E-state index contributed by atoms with van der Waals surface area (Å²) in [5, 5.41) is 0. The van der Waals surface area contributed by atoms with Crippen molar-refractivity contribution in [3.63, 3.8) is 0 Å². The lowest BCUT2D eigenvalue weighted by molar-refractivity contribution is -0.142. The zero-order valence-electron chi connectivity index (χ0n) is 10.9. The van der Waals surface area contributed by atoms with Crippen molar-refractivity contribution in [2.75, 3.05) is 40.8 Å². The average Bonchev–Trinajstić information content (AvgIpc) is 3.11. The topological polar surface area (TPSA) is 49.9 Å². The van der Waals surface area contributed by atoms with Crippen LogP contribution < -0.4 is 0 Å². The lowest BCUT2D eigenvalue weighted by atomic mass is 10.3. The van der Waals surface area contributed by atoms with E-state index in [1.807, 2.05) is 19.0 Å². The Morgan fingerprint density at radius 1 is 1.18 bits per heavy atom. The molecule has 1 aliphatic carbocycles. The third kappa shape index (κ3) is 5.17. The molecule has 1 fully saturated rings. The van der Waals surface area contributed by atoms with E-state index in [-0.39, 0.29) is 24.2 Å². The Morgan fingerprint density at radius 2 is 1.82 bits per heavy atom. The molecule has 0 unspecified atom stereocenters. The first kappa shape index (κ1) is 14.0. The van der Waals surface area contributed by atoms with Gasteiger partial charge >= 0.3 is 5.97 Å². The molecule has 0 saturated heterocycles. The summed E-state index contributed by atoms with van der Waals surface area (Å²) in [6.07, 6.45) is 2.27. The van der Waals surface area contributed by atoms with Gasteiger partial charge in [-0.05, 0) is 26.9 Å². The van der Waals surface area contributed by atoms with Crippen molar-refractivity contribution >= 4 is 11.9 Å². The summed E-state index contributed by atoms with van der Waals surface area (Å²) in [7, 11) is 5.31. The summed E-state index contributed by atoms with van der Waals surface area (Å²) in [5.74, 6) is 0.133. The predicted molar refractivity (Wildman–Crippen MR) is 64.5 cm³/mol. The van der Waals surface area contributed by atoms with E-state index in [0.29, 0.717) is 13.1 Å². The highest BCUT2D eigenvalue weighted by molar-refractivity contribution is 5.81. The van der Waals surface area contributed by atoms with Crippen LogP contribution in [0.3, 0.4) is 0 Å². The fourth-order valence-corrected chi connectivity index (χ4v) is 1.57. The molecule has 1 rings (SSSR count). The van der Waals surface area contributed by atoms with E-state index in [1.165, 1.54) is 7.11 Å². The van der Waals surface area contributed by atoms with Crippen LogP contribution in [0, 0.1) is 5.92 Å². The standard InChI is InChI=1S/C12H22N2O3/c1-13(2)8-9-14(7-6-11(15)17-3)12(16)10-4-5-10/h10H,4-9H2,1-3H3. The molecule has 0 aromatic heterocycles. The average molecular weight is 242 g/mol. The number of methoxy groups -OCH3 is 1. The maximum atomic E-state index is 12.0. The van der Waals surface area contributed by atoms with Gasteiger partial charge < -0.3 is 14.5 Å². The minimum Gasteiger partial charge on any atom is -0.469 e. The highest BCUT2D eigenvalue weighted by Gasteiger charge is 2.33. The van der Waals surface area contributed by atoms with Gasteiger partial charge in [0.1, 0.15) is 0 Å². The molecule has 1 amide bonds. The molecule has 5 nitrogen and oxygen atoms in total. The van der Waals surface area contributed by atoms with Gasteiger partial charge in [0, 0.05) is 25.6 Å². The Hall–Kier alpha value is -1.10. The van der Waals surface area contributed by atoms with Gasteiger partial charge in [0.2, 0.25) is 5.91 Å². The smallest absolute Gasteiger partial charge is 0.307 e.